The van der Waals surface area contributed by atoms with Crippen LogP contribution in [0.25, 0.3) is 0 Å². The molecule has 0 spiro atoms. The van der Waals surface area contributed by atoms with Crippen LogP contribution in [0.2, 0.25) is 0 Å². The van der Waals surface area contributed by atoms with Crippen LogP contribution in [0.3, 0.4) is 0 Å². The van der Waals surface area contributed by atoms with E-state index in [-0.39, 0.29) is 0 Å². The first-order valence-corrected chi connectivity index (χ1v) is 13.2. The second kappa shape index (κ2) is 17.8. The zero-order valence-electron chi connectivity index (χ0n) is 21.8. The van der Waals surface area contributed by atoms with Gasteiger partial charge >= 0.3 is 0 Å². The summed E-state index contributed by atoms with van der Waals surface area (Å²) in [5.41, 5.74) is 4.15. The van der Waals surface area contributed by atoms with E-state index in [1.165, 1.54) is 32.9 Å². The van der Waals surface area contributed by atoms with Crippen LogP contribution in [0.1, 0.15) is 92.6 Å². The Morgan fingerprint density at radius 3 is 2.12 bits per heavy atom. The molecule has 1 aromatic rings. The lowest BCUT2D eigenvalue weighted by atomic mass is 9.92. The number of benzene rings is 1. The van der Waals surface area contributed by atoms with Crippen molar-refractivity contribution in [1.29, 1.82) is 0 Å². The molecule has 2 unspecified atom stereocenters. The molecule has 0 bridgehead atoms. The topological polar surface area (TPSA) is 20.2 Å². The third-order valence-corrected chi connectivity index (χ3v) is 6.97. The monoisotopic (exact) mass is 456 g/mol. The third kappa shape index (κ3) is 12.4. The van der Waals surface area contributed by atoms with Crippen LogP contribution in [-0.4, -0.2) is 5.11 Å². The minimum Gasteiger partial charge on any atom is -0.508 e. The highest BCUT2D eigenvalue weighted by Crippen LogP contribution is 2.37. The molecule has 1 aromatic carbocycles. The van der Waals surface area contributed by atoms with Gasteiger partial charge in [-0.2, -0.15) is 0 Å². The summed E-state index contributed by atoms with van der Waals surface area (Å²) in [6.45, 7) is 23.6. The van der Waals surface area contributed by atoms with Gasteiger partial charge in [0.2, 0.25) is 0 Å². The first-order chi connectivity index (χ1) is 15.2. The lowest BCUT2D eigenvalue weighted by Crippen LogP contribution is -2.04. The summed E-state index contributed by atoms with van der Waals surface area (Å²) in [7, 11) is 0. The first kappa shape index (κ1) is 30.3. The average molecular weight is 457 g/mol. The minimum atomic E-state index is 0.327. The van der Waals surface area contributed by atoms with Crippen molar-refractivity contribution in [3.8, 4) is 5.75 Å². The Balaban J connectivity index is 0.00000220. The number of allylic oxidation sites excluding steroid dienone is 5. The maximum atomic E-state index is 9.56. The second-order valence-corrected chi connectivity index (χ2v) is 9.99. The number of hydrogen-bond acceptors (Lipinski definition) is 2. The van der Waals surface area contributed by atoms with Gasteiger partial charge in [0.25, 0.3) is 0 Å². The van der Waals surface area contributed by atoms with E-state index in [1.807, 2.05) is 30.0 Å². The van der Waals surface area contributed by atoms with Gasteiger partial charge in [-0.3, -0.25) is 0 Å². The highest BCUT2D eigenvalue weighted by molar-refractivity contribution is 8.06. The molecule has 0 saturated heterocycles. The summed E-state index contributed by atoms with van der Waals surface area (Å²) in [6.07, 6.45) is 12.1. The quantitative estimate of drug-likeness (QED) is 0.235. The second-order valence-electron chi connectivity index (χ2n) is 8.68. The SMILES string of the molecule is C=C(S/C(C)=C(/Cc1ccc(O)cc1)C(C)CC)/C(=C/CC(C)CC)CCC.C=CCC. The largest absolute Gasteiger partial charge is 0.508 e. The fourth-order valence-corrected chi connectivity index (χ4v) is 4.27. The van der Waals surface area contributed by atoms with Crippen molar-refractivity contribution in [2.24, 2.45) is 11.8 Å². The third-order valence-electron chi connectivity index (χ3n) is 5.90. The molecule has 1 N–H and O–H groups in total. The van der Waals surface area contributed by atoms with Gasteiger partial charge in [-0.25, -0.2) is 0 Å². The molecule has 0 fully saturated rings. The molecule has 1 nitrogen and oxygen atoms in total. The Hall–Kier alpha value is -1.67. The molecule has 32 heavy (non-hydrogen) atoms. The Kier molecular flexibility index (Phi) is 16.9. The predicted molar refractivity (Wildman–Crippen MR) is 148 cm³/mol. The summed E-state index contributed by atoms with van der Waals surface area (Å²) < 4.78 is 0. The van der Waals surface area contributed by atoms with Crippen LogP contribution in [-0.2, 0) is 6.42 Å². The van der Waals surface area contributed by atoms with Crippen molar-refractivity contribution in [3.63, 3.8) is 0 Å². The maximum Gasteiger partial charge on any atom is 0.115 e. The minimum absolute atomic E-state index is 0.327. The van der Waals surface area contributed by atoms with Gasteiger partial charge in [-0.1, -0.05) is 103 Å². The van der Waals surface area contributed by atoms with Crippen LogP contribution in [0, 0.1) is 11.8 Å². The summed E-state index contributed by atoms with van der Waals surface area (Å²) in [5, 5.41) is 9.56. The molecule has 0 aliphatic heterocycles. The van der Waals surface area contributed by atoms with Crippen molar-refractivity contribution in [1.82, 2.24) is 0 Å². The normalized spacial score (nSPS) is 14.0. The summed E-state index contributed by atoms with van der Waals surface area (Å²) in [5.74, 6) is 1.59. The van der Waals surface area contributed by atoms with E-state index in [0.717, 1.165) is 44.4 Å². The van der Waals surface area contributed by atoms with Gasteiger partial charge in [0, 0.05) is 4.91 Å². The molecule has 2 atom stereocenters. The zero-order chi connectivity index (χ0) is 24.5. The van der Waals surface area contributed by atoms with Gasteiger partial charge in [0.15, 0.2) is 0 Å². The van der Waals surface area contributed by atoms with Crippen LogP contribution in [0.5, 0.6) is 5.75 Å². The van der Waals surface area contributed by atoms with Gasteiger partial charge in [0.05, 0.1) is 0 Å². The van der Waals surface area contributed by atoms with Gasteiger partial charge in [-0.05, 0) is 79.0 Å². The van der Waals surface area contributed by atoms with Gasteiger partial charge in [0.1, 0.15) is 5.75 Å². The van der Waals surface area contributed by atoms with Crippen molar-refractivity contribution in [2.45, 2.75) is 93.4 Å². The van der Waals surface area contributed by atoms with Crippen LogP contribution in [0.15, 0.2) is 70.5 Å². The van der Waals surface area contributed by atoms with E-state index >= 15 is 0 Å². The Bertz CT molecular complexity index is 724. The van der Waals surface area contributed by atoms with Crippen molar-refractivity contribution in [3.05, 3.63) is 76.1 Å². The van der Waals surface area contributed by atoms with E-state index in [0.29, 0.717) is 11.7 Å². The summed E-state index contributed by atoms with van der Waals surface area (Å²) in [4.78, 5) is 2.58. The molecule has 0 aliphatic carbocycles. The molecule has 0 aromatic heterocycles. The predicted octanol–water partition coefficient (Wildman–Crippen LogP) is 10.2. The lowest BCUT2D eigenvalue weighted by Gasteiger charge is -2.20. The van der Waals surface area contributed by atoms with E-state index < -0.39 is 0 Å². The lowest BCUT2D eigenvalue weighted by molar-refractivity contribution is 0.475. The maximum absolute atomic E-state index is 9.56. The zero-order valence-corrected chi connectivity index (χ0v) is 22.7. The fraction of sp³-hybridized carbons (Fsp3) is 0.533. The average Bonchev–Trinajstić information content (AvgIpc) is 2.80. The fourth-order valence-electron chi connectivity index (χ4n) is 3.18. The van der Waals surface area contributed by atoms with Crippen LogP contribution >= 0.6 is 11.8 Å². The van der Waals surface area contributed by atoms with E-state index in [9.17, 15) is 5.11 Å². The number of hydrogen-bond donors (Lipinski definition) is 1. The molecule has 0 saturated carbocycles. The smallest absolute Gasteiger partial charge is 0.115 e. The van der Waals surface area contributed by atoms with Crippen molar-refractivity contribution < 1.29 is 5.11 Å². The Morgan fingerprint density at radius 1 is 1.06 bits per heavy atom. The number of phenols is 1. The molecular weight excluding hydrogens is 408 g/mol. The number of aromatic hydroxyl groups is 1. The Morgan fingerprint density at radius 2 is 1.66 bits per heavy atom. The molecule has 2 heteroatoms. The van der Waals surface area contributed by atoms with Gasteiger partial charge in [-0.15, -0.1) is 6.58 Å². The summed E-state index contributed by atoms with van der Waals surface area (Å²) in [6, 6.07) is 7.61. The number of thioether (sulfide) groups is 1. The Labute approximate surface area is 203 Å². The number of phenolic OH excluding ortho intramolecular Hbond substituents is 1. The van der Waals surface area contributed by atoms with Crippen LogP contribution in [0.4, 0.5) is 0 Å². The molecule has 0 radical (unpaired) electrons. The van der Waals surface area contributed by atoms with Crippen molar-refractivity contribution >= 4 is 11.8 Å². The molecule has 0 aliphatic rings. The van der Waals surface area contributed by atoms with E-state index in [4.69, 9.17) is 0 Å². The number of rotatable bonds is 13. The molecule has 0 amide bonds. The van der Waals surface area contributed by atoms with Gasteiger partial charge < -0.3 is 5.11 Å². The summed E-state index contributed by atoms with van der Waals surface area (Å²) >= 11 is 1.85. The first-order valence-electron chi connectivity index (χ1n) is 12.4. The van der Waals surface area contributed by atoms with Crippen molar-refractivity contribution in [2.75, 3.05) is 0 Å². The standard InChI is InChI=1S/C26H40OS.C4H8/c1-8-11-24(15-12-19(4)9-2)21(6)28-22(7)26(20(5)10-3)18-23-13-16-25(27)17-14-23;1-3-4-2/h13-17,19-20,27H,6,8-12,18H2,1-5,7H3;3H,1,4H2,2H3/b24-15+,26-22-;. The van der Waals surface area contributed by atoms with Crippen LogP contribution < -0.4 is 0 Å². The molecule has 180 valence electrons. The van der Waals surface area contributed by atoms with E-state index in [2.05, 4.69) is 67.7 Å². The molecule has 0 heterocycles. The highest BCUT2D eigenvalue weighted by Gasteiger charge is 2.14. The van der Waals surface area contributed by atoms with E-state index in [1.54, 1.807) is 12.1 Å². The molecular formula is C30H48OS. The molecule has 1 rings (SSSR count). The highest BCUT2D eigenvalue weighted by atomic mass is 32.2.